The molecule has 0 spiro atoms. The molecule has 4 rings (SSSR count). The number of thioether (sulfide) groups is 1. The van der Waals surface area contributed by atoms with Crippen LogP contribution in [0.4, 0.5) is 0 Å². The van der Waals surface area contributed by atoms with E-state index in [4.69, 9.17) is 9.47 Å². The fraction of sp³-hybridized carbons (Fsp3) is 0.238. The summed E-state index contributed by atoms with van der Waals surface area (Å²) in [5.74, 6) is -0.785. The molecule has 0 aliphatic carbocycles. The summed E-state index contributed by atoms with van der Waals surface area (Å²) in [6, 6.07) is 12.6. The zero-order valence-corrected chi connectivity index (χ0v) is 16.5. The number of pyridine rings is 1. The van der Waals surface area contributed by atoms with Crippen molar-refractivity contribution >= 4 is 29.6 Å². The first-order valence-corrected chi connectivity index (χ1v) is 9.92. The van der Waals surface area contributed by atoms with Gasteiger partial charge in [-0.05, 0) is 17.7 Å². The molecule has 1 aromatic carbocycles. The van der Waals surface area contributed by atoms with Crippen molar-refractivity contribution in [2.24, 2.45) is 0 Å². The van der Waals surface area contributed by atoms with E-state index >= 15 is 0 Å². The van der Waals surface area contributed by atoms with E-state index in [0.29, 0.717) is 28.5 Å². The van der Waals surface area contributed by atoms with Gasteiger partial charge in [0.05, 0.1) is 6.04 Å². The molecule has 2 aromatic rings. The van der Waals surface area contributed by atoms with E-state index < -0.39 is 11.9 Å². The van der Waals surface area contributed by atoms with E-state index in [-0.39, 0.29) is 24.3 Å². The first kappa shape index (κ1) is 19.2. The van der Waals surface area contributed by atoms with Crippen LogP contribution in [0.1, 0.15) is 25.3 Å². The topological polar surface area (TPSA) is 85.8 Å². The van der Waals surface area contributed by atoms with Gasteiger partial charge in [-0.25, -0.2) is 9.78 Å². The number of benzene rings is 1. The smallest absolute Gasteiger partial charge is 0.356 e. The van der Waals surface area contributed by atoms with Crippen molar-refractivity contribution in [2.45, 2.75) is 37.4 Å². The van der Waals surface area contributed by atoms with Crippen LogP contribution in [-0.2, 0) is 25.7 Å². The summed E-state index contributed by atoms with van der Waals surface area (Å²) in [7, 11) is 0. The normalized spacial score (nSPS) is 17.6. The molecule has 1 amide bonds. The summed E-state index contributed by atoms with van der Waals surface area (Å²) < 4.78 is 10.7. The summed E-state index contributed by atoms with van der Waals surface area (Å²) in [6.45, 7) is 1.43. The third kappa shape index (κ3) is 4.02. The van der Waals surface area contributed by atoms with Crippen LogP contribution in [0.15, 0.2) is 64.3 Å². The lowest BCUT2D eigenvalue weighted by atomic mass is 10.0. The van der Waals surface area contributed by atoms with Crippen molar-refractivity contribution in [1.82, 2.24) is 9.88 Å². The highest BCUT2D eigenvalue weighted by Gasteiger charge is 2.48. The molecule has 7 nitrogen and oxygen atoms in total. The molecule has 1 atom stereocenters. The van der Waals surface area contributed by atoms with E-state index in [9.17, 15) is 14.4 Å². The Hall–Kier alpha value is -3.13. The molecule has 3 heterocycles. The Balaban J connectivity index is 1.58. The molecule has 0 saturated carbocycles. The molecule has 148 valence electrons. The second-order valence-corrected chi connectivity index (χ2v) is 7.75. The van der Waals surface area contributed by atoms with Crippen molar-refractivity contribution in [3.8, 4) is 5.75 Å². The van der Waals surface area contributed by atoms with Crippen LogP contribution >= 0.6 is 11.8 Å². The van der Waals surface area contributed by atoms with Gasteiger partial charge in [0.1, 0.15) is 17.3 Å². The molecule has 0 N–H and O–H groups in total. The Morgan fingerprint density at radius 2 is 1.97 bits per heavy atom. The number of rotatable bonds is 6. The highest BCUT2D eigenvalue weighted by molar-refractivity contribution is 8.03. The minimum Gasteiger partial charge on any atom is -0.456 e. The van der Waals surface area contributed by atoms with Crippen molar-refractivity contribution in [3.05, 3.63) is 64.8 Å². The average molecular weight is 410 g/mol. The molecule has 1 saturated heterocycles. The lowest BCUT2D eigenvalue weighted by molar-refractivity contribution is -0.150. The van der Waals surface area contributed by atoms with Crippen molar-refractivity contribution in [2.75, 3.05) is 0 Å². The van der Waals surface area contributed by atoms with Crippen LogP contribution in [0.3, 0.4) is 0 Å². The second-order valence-electron chi connectivity index (χ2n) is 6.66. The van der Waals surface area contributed by atoms with Gasteiger partial charge >= 0.3 is 11.9 Å². The summed E-state index contributed by atoms with van der Waals surface area (Å²) >= 11 is 1.22. The monoisotopic (exact) mass is 410 g/mol. The van der Waals surface area contributed by atoms with Gasteiger partial charge in [0.15, 0.2) is 5.75 Å². The van der Waals surface area contributed by atoms with Gasteiger partial charge in [-0.2, -0.15) is 0 Å². The standard InChI is InChI=1S/C21H18N2O5S/c1-13(24)28-16-8-5-9-22-20(16)29-17-10-15-11-18(25)23(15)19(17)21(26)27-12-14-6-3-2-4-7-14/h2-9,15H,10-12H2,1H3. The van der Waals surface area contributed by atoms with Crippen LogP contribution in [0.25, 0.3) is 0 Å². The molecule has 1 unspecified atom stereocenters. The number of hydrogen-bond acceptors (Lipinski definition) is 7. The number of hydrogen-bond donors (Lipinski definition) is 0. The van der Waals surface area contributed by atoms with Gasteiger partial charge in [0, 0.05) is 30.9 Å². The molecule has 1 aromatic heterocycles. The molecule has 0 radical (unpaired) electrons. The quantitative estimate of drug-likeness (QED) is 0.534. The molecule has 0 bridgehead atoms. The maximum absolute atomic E-state index is 12.8. The largest absolute Gasteiger partial charge is 0.456 e. The summed E-state index contributed by atoms with van der Waals surface area (Å²) in [6.07, 6.45) is 2.53. The summed E-state index contributed by atoms with van der Waals surface area (Å²) in [5.41, 5.74) is 1.12. The number of aromatic nitrogens is 1. The number of fused-ring (bicyclic) bond motifs is 1. The maximum atomic E-state index is 12.8. The van der Waals surface area contributed by atoms with Gasteiger partial charge in [0.25, 0.3) is 0 Å². The van der Waals surface area contributed by atoms with Crippen LogP contribution in [0.2, 0.25) is 0 Å². The molecule has 2 aliphatic heterocycles. The predicted molar refractivity (Wildman–Crippen MR) is 105 cm³/mol. The molecular weight excluding hydrogens is 392 g/mol. The van der Waals surface area contributed by atoms with Gasteiger partial charge in [0.2, 0.25) is 5.91 Å². The average Bonchev–Trinajstić information content (AvgIpc) is 3.00. The first-order chi connectivity index (χ1) is 14.0. The molecule has 8 heteroatoms. The number of amides is 1. The Bertz CT molecular complexity index is 1010. The van der Waals surface area contributed by atoms with Crippen LogP contribution in [0, 0.1) is 0 Å². The van der Waals surface area contributed by atoms with E-state index in [2.05, 4.69) is 4.98 Å². The fourth-order valence-electron chi connectivity index (χ4n) is 3.29. The number of esters is 2. The molecule has 2 aliphatic rings. The SMILES string of the molecule is CC(=O)Oc1cccnc1SC1=C(C(=O)OCc2ccccc2)N2C(=O)CC2C1. The minimum absolute atomic E-state index is 0.0369. The van der Waals surface area contributed by atoms with Crippen LogP contribution in [0.5, 0.6) is 5.75 Å². The third-order valence-corrected chi connectivity index (χ3v) is 5.69. The van der Waals surface area contributed by atoms with E-state index in [0.717, 1.165) is 5.56 Å². The second kappa shape index (κ2) is 8.08. The zero-order chi connectivity index (χ0) is 20.4. The van der Waals surface area contributed by atoms with Crippen molar-refractivity contribution in [3.63, 3.8) is 0 Å². The van der Waals surface area contributed by atoms with E-state index in [1.54, 1.807) is 18.3 Å². The lowest BCUT2D eigenvalue weighted by Gasteiger charge is -2.35. The van der Waals surface area contributed by atoms with Gasteiger partial charge in [-0.15, -0.1) is 0 Å². The number of carbonyl (C=O) groups excluding carboxylic acids is 3. The Morgan fingerprint density at radius 1 is 1.17 bits per heavy atom. The summed E-state index contributed by atoms with van der Waals surface area (Å²) in [4.78, 5) is 42.7. The minimum atomic E-state index is -0.545. The molecule has 1 fully saturated rings. The number of β-lactam (4-membered cyclic amide) rings is 1. The van der Waals surface area contributed by atoms with Crippen molar-refractivity contribution in [1.29, 1.82) is 0 Å². The Kier molecular flexibility index (Phi) is 5.35. The van der Waals surface area contributed by atoms with E-state index in [1.807, 2.05) is 30.3 Å². The maximum Gasteiger partial charge on any atom is 0.356 e. The molecule has 29 heavy (non-hydrogen) atoms. The Labute approximate surface area is 171 Å². The molecular formula is C21H18N2O5S. The highest BCUT2D eigenvalue weighted by atomic mass is 32.2. The van der Waals surface area contributed by atoms with E-state index in [1.165, 1.54) is 23.6 Å². The van der Waals surface area contributed by atoms with Crippen molar-refractivity contribution < 1.29 is 23.9 Å². The first-order valence-electron chi connectivity index (χ1n) is 9.10. The van der Waals surface area contributed by atoms with Gasteiger partial charge in [-0.3, -0.25) is 9.59 Å². The van der Waals surface area contributed by atoms with Crippen LogP contribution < -0.4 is 4.74 Å². The third-order valence-electron chi connectivity index (χ3n) is 4.59. The number of carbonyl (C=O) groups is 3. The predicted octanol–water partition coefficient (Wildman–Crippen LogP) is 3.06. The highest BCUT2D eigenvalue weighted by Crippen LogP contribution is 2.46. The van der Waals surface area contributed by atoms with Crippen LogP contribution in [-0.4, -0.2) is 33.8 Å². The fourth-order valence-corrected chi connectivity index (χ4v) is 4.41. The van der Waals surface area contributed by atoms with Gasteiger partial charge in [-0.1, -0.05) is 42.1 Å². The summed E-state index contributed by atoms with van der Waals surface area (Å²) in [5, 5.41) is 0.459. The van der Waals surface area contributed by atoms with Gasteiger partial charge < -0.3 is 14.4 Å². The number of nitrogens with zero attached hydrogens (tertiary/aromatic N) is 2. The zero-order valence-electron chi connectivity index (χ0n) is 15.7. The lowest BCUT2D eigenvalue weighted by Crippen LogP contribution is -2.49. The Morgan fingerprint density at radius 3 is 2.69 bits per heavy atom. The number of ether oxygens (including phenoxy) is 2.